The van der Waals surface area contributed by atoms with Crippen LogP contribution in [0, 0.1) is 5.92 Å². The average Bonchev–Trinajstić information content (AvgIpc) is 2.79. The number of amides is 2. The van der Waals surface area contributed by atoms with Gasteiger partial charge in [-0.1, -0.05) is 11.4 Å². The highest BCUT2D eigenvalue weighted by atomic mass is 32.1. The number of hydrogen-bond donors (Lipinski definition) is 3. The predicted octanol–water partition coefficient (Wildman–Crippen LogP) is 1.55. The van der Waals surface area contributed by atoms with Gasteiger partial charge in [0.25, 0.3) is 0 Å². The lowest BCUT2D eigenvalue weighted by Gasteiger charge is -2.10. The number of carboxylic acid groups (broad SMARTS) is 1. The van der Waals surface area contributed by atoms with Gasteiger partial charge in [-0.05, 0) is 18.8 Å². The third kappa shape index (κ3) is 6.14. The Morgan fingerprint density at radius 1 is 1.50 bits per heavy atom. The van der Waals surface area contributed by atoms with Crippen molar-refractivity contribution in [2.45, 2.75) is 26.2 Å². The lowest BCUT2D eigenvalue weighted by Crippen LogP contribution is -2.30. The molecule has 0 saturated heterocycles. The number of nitrogens with zero attached hydrogens (tertiary/aromatic N) is 2. The number of rotatable bonds is 7. The topological polar surface area (TPSA) is 104 Å². The van der Waals surface area contributed by atoms with Gasteiger partial charge >= 0.3 is 12.0 Å². The molecule has 0 aromatic carbocycles. The lowest BCUT2D eigenvalue weighted by atomic mass is 10.0. The maximum absolute atomic E-state index is 11.4. The van der Waals surface area contributed by atoms with Gasteiger partial charge in [0, 0.05) is 24.5 Å². The van der Waals surface area contributed by atoms with Gasteiger partial charge < -0.3 is 10.4 Å². The van der Waals surface area contributed by atoms with Gasteiger partial charge in [0.15, 0.2) is 0 Å². The van der Waals surface area contributed by atoms with Crippen molar-refractivity contribution in [3.8, 4) is 0 Å². The molecular formula is C10H16N4O3S. The minimum Gasteiger partial charge on any atom is -0.481 e. The average molecular weight is 272 g/mol. The summed E-state index contributed by atoms with van der Waals surface area (Å²) in [7, 11) is 0. The molecule has 100 valence electrons. The highest BCUT2D eigenvalue weighted by Gasteiger charge is 2.07. The van der Waals surface area contributed by atoms with Gasteiger partial charge in [-0.15, -0.1) is 5.10 Å². The van der Waals surface area contributed by atoms with Crippen molar-refractivity contribution in [1.82, 2.24) is 14.9 Å². The molecule has 0 aliphatic rings. The Morgan fingerprint density at radius 3 is 2.89 bits per heavy atom. The Hall–Kier alpha value is -1.70. The van der Waals surface area contributed by atoms with E-state index in [-0.39, 0.29) is 18.4 Å². The first-order chi connectivity index (χ1) is 8.58. The van der Waals surface area contributed by atoms with Gasteiger partial charge in [0.2, 0.25) is 0 Å². The van der Waals surface area contributed by atoms with Crippen LogP contribution >= 0.6 is 11.5 Å². The number of aromatic nitrogens is 2. The summed E-state index contributed by atoms with van der Waals surface area (Å²) in [4.78, 5) is 21.8. The molecular weight excluding hydrogens is 256 g/mol. The van der Waals surface area contributed by atoms with Crippen molar-refractivity contribution in [2.75, 3.05) is 11.9 Å². The van der Waals surface area contributed by atoms with E-state index in [2.05, 4.69) is 20.2 Å². The molecule has 1 rings (SSSR count). The Kier molecular flexibility index (Phi) is 6.06. The fourth-order valence-corrected chi connectivity index (χ4v) is 1.74. The second-order valence-corrected chi connectivity index (χ2v) is 4.77. The summed E-state index contributed by atoms with van der Waals surface area (Å²) in [6, 6.07) is -0.300. The summed E-state index contributed by atoms with van der Waals surface area (Å²) in [5.74, 6) is -0.517. The number of hydrogen-bond acceptors (Lipinski definition) is 5. The fraction of sp³-hybridized carbons (Fsp3) is 0.600. The van der Waals surface area contributed by atoms with E-state index in [1.165, 1.54) is 6.20 Å². The van der Waals surface area contributed by atoms with Crippen LogP contribution in [0.5, 0.6) is 0 Å². The minimum atomic E-state index is -0.787. The third-order valence-corrected chi connectivity index (χ3v) is 2.95. The normalized spacial score (nSPS) is 11.8. The van der Waals surface area contributed by atoms with Crippen LogP contribution in [0.3, 0.4) is 0 Å². The van der Waals surface area contributed by atoms with Crippen LogP contribution in [0.2, 0.25) is 0 Å². The Balaban J connectivity index is 2.09. The lowest BCUT2D eigenvalue weighted by molar-refractivity contribution is -0.137. The summed E-state index contributed by atoms with van der Waals surface area (Å²) in [5, 5.41) is 18.0. The van der Waals surface area contributed by atoms with Gasteiger partial charge in [-0.25, -0.2) is 4.79 Å². The fourth-order valence-electron chi connectivity index (χ4n) is 1.32. The van der Waals surface area contributed by atoms with E-state index < -0.39 is 5.97 Å². The van der Waals surface area contributed by atoms with Crippen LogP contribution < -0.4 is 10.6 Å². The second kappa shape index (κ2) is 7.59. The van der Waals surface area contributed by atoms with Crippen LogP contribution in [-0.2, 0) is 4.79 Å². The van der Waals surface area contributed by atoms with Crippen LogP contribution in [-0.4, -0.2) is 33.2 Å². The first kappa shape index (κ1) is 14.4. The number of urea groups is 1. The summed E-state index contributed by atoms with van der Waals surface area (Å²) in [6.07, 6.45) is 3.01. The molecule has 0 aliphatic heterocycles. The van der Waals surface area contributed by atoms with Gasteiger partial charge in [-0.3, -0.25) is 10.1 Å². The Bertz CT molecular complexity index is 382. The summed E-state index contributed by atoms with van der Waals surface area (Å²) in [6.45, 7) is 2.48. The number of anilines is 1. The van der Waals surface area contributed by atoms with Crippen molar-refractivity contribution < 1.29 is 14.7 Å². The highest BCUT2D eigenvalue weighted by molar-refractivity contribution is 7.10. The number of aliphatic carboxylic acids is 1. The molecule has 8 heteroatoms. The van der Waals surface area contributed by atoms with E-state index in [9.17, 15) is 9.59 Å². The van der Waals surface area contributed by atoms with Gasteiger partial charge in [0.1, 0.15) is 5.00 Å². The SMILES string of the molecule is CC(CCNC(=O)Nc1cnns1)CCC(=O)O. The summed E-state index contributed by atoms with van der Waals surface area (Å²) >= 11 is 1.10. The monoisotopic (exact) mass is 272 g/mol. The molecule has 0 spiro atoms. The molecule has 3 N–H and O–H groups in total. The molecule has 0 saturated carbocycles. The van der Waals surface area contributed by atoms with E-state index in [0.29, 0.717) is 18.0 Å². The molecule has 1 aromatic heterocycles. The largest absolute Gasteiger partial charge is 0.481 e. The second-order valence-electron chi connectivity index (χ2n) is 3.99. The van der Waals surface area contributed by atoms with Crippen molar-refractivity contribution in [3.05, 3.63) is 6.20 Å². The molecule has 0 aliphatic carbocycles. The minimum absolute atomic E-state index is 0.167. The Labute approximate surface area is 109 Å². The molecule has 1 heterocycles. The summed E-state index contributed by atoms with van der Waals surface area (Å²) < 4.78 is 3.62. The van der Waals surface area contributed by atoms with Crippen molar-refractivity contribution in [2.24, 2.45) is 5.92 Å². The van der Waals surface area contributed by atoms with Crippen LogP contribution in [0.15, 0.2) is 6.20 Å². The number of carbonyl (C=O) groups excluding carboxylic acids is 1. The van der Waals surface area contributed by atoms with E-state index in [0.717, 1.165) is 18.0 Å². The summed E-state index contributed by atoms with van der Waals surface area (Å²) in [5.41, 5.74) is 0. The van der Waals surface area contributed by atoms with Crippen molar-refractivity contribution in [1.29, 1.82) is 0 Å². The molecule has 0 fully saturated rings. The van der Waals surface area contributed by atoms with E-state index in [1.807, 2.05) is 6.92 Å². The molecule has 1 aromatic rings. The Morgan fingerprint density at radius 2 is 2.28 bits per heavy atom. The van der Waals surface area contributed by atoms with Crippen LogP contribution in [0.25, 0.3) is 0 Å². The zero-order valence-corrected chi connectivity index (χ0v) is 10.9. The molecule has 1 unspecified atom stereocenters. The highest BCUT2D eigenvalue weighted by Crippen LogP contribution is 2.10. The molecule has 0 bridgehead atoms. The van der Waals surface area contributed by atoms with Gasteiger partial charge in [0.05, 0.1) is 6.20 Å². The molecule has 18 heavy (non-hydrogen) atoms. The zero-order valence-electron chi connectivity index (χ0n) is 10.0. The first-order valence-electron chi connectivity index (χ1n) is 5.62. The van der Waals surface area contributed by atoms with E-state index in [4.69, 9.17) is 5.11 Å². The number of nitrogens with one attached hydrogen (secondary N) is 2. The maximum atomic E-state index is 11.4. The smallest absolute Gasteiger partial charge is 0.319 e. The van der Waals surface area contributed by atoms with Crippen LogP contribution in [0.4, 0.5) is 9.80 Å². The number of carbonyl (C=O) groups is 2. The third-order valence-electron chi connectivity index (χ3n) is 2.37. The zero-order chi connectivity index (χ0) is 13.4. The van der Waals surface area contributed by atoms with Crippen molar-refractivity contribution in [3.63, 3.8) is 0 Å². The molecule has 2 amide bonds. The first-order valence-corrected chi connectivity index (χ1v) is 6.39. The molecule has 0 radical (unpaired) electrons. The van der Waals surface area contributed by atoms with Crippen molar-refractivity contribution >= 4 is 28.5 Å². The van der Waals surface area contributed by atoms with E-state index >= 15 is 0 Å². The quantitative estimate of drug-likeness (QED) is 0.698. The standard InChI is InChI=1S/C10H16N4O3S/c1-7(2-3-9(15)16)4-5-11-10(17)13-8-6-12-14-18-8/h6-7H,2-5H2,1H3,(H,15,16)(H2,11,13,17). The number of carboxylic acids is 1. The maximum Gasteiger partial charge on any atom is 0.319 e. The van der Waals surface area contributed by atoms with Crippen LogP contribution in [0.1, 0.15) is 26.2 Å². The van der Waals surface area contributed by atoms with Gasteiger partial charge in [-0.2, -0.15) is 0 Å². The predicted molar refractivity (Wildman–Crippen MR) is 67.6 cm³/mol. The van der Waals surface area contributed by atoms with E-state index in [1.54, 1.807) is 0 Å². The molecule has 1 atom stereocenters. The molecule has 7 nitrogen and oxygen atoms in total.